The van der Waals surface area contributed by atoms with E-state index in [9.17, 15) is 9.59 Å². The maximum Gasteiger partial charge on any atom is 0.305 e. The van der Waals surface area contributed by atoms with Gasteiger partial charge in [0.2, 0.25) is 0 Å². The summed E-state index contributed by atoms with van der Waals surface area (Å²) in [4.78, 5) is 21.7. The van der Waals surface area contributed by atoms with Crippen molar-refractivity contribution < 1.29 is 19.1 Å². The largest absolute Gasteiger partial charge is 0.421 e. The summed E-state index contributed by atoms with van der Waals surface area (Å²) in [7, 11) is 0. The van der Waals surface area contributed by atoms with Gasteiger partial charge in [0.1, 0.15) is 0 Å². The van der Waals surface area contributed by atoms with Crippen LogP contribution < -0.4 is 0 Å². The molecule has 0 N–H and O–H groups in total. The minimum atomic E-state index is -1.02. The summed E-state index contributed by atoms with van der Waals surface area (Å²) in [6.07, 6.45) is 2.13. The van der Waals surface area contributed by atoms with Crippen LogP contribution in [0.25, 0.3) is 6.08 Å². The van der Waals surface area contributed by atoms with Crippen LogP contribution in [-0.4, -0.2) is 18.2 Å². The van der Waals surface area contributed by atoms with E-state index in [0.29, 0.717) is 5.02 Å². The lowest BCUT2D eigenvalue weighted by Crippen LogP contribution is -2.19. The maximum atomic E-state index is 10.8. The number of hydrogen-bond donors (Lipinski definition) is 0. The van der Waals surface area contributed by atoms with Crippen LogP contribution in [0, 0.1) is 0 Å². The van der Waals surface area contributed by atoms with Gasteiger partial charge in [0.25, 0.3) is 6.29 Å². The molecular weight excluding hydrogens is 256 g/mol. The fourth-order valence-corrected chi connectivity index (χ4v) is 1.32. The van der Waals surface area contributed by atoms with Gasteiger partial charge in [0.15, 0.2) is 0 Å². The number of carbonyl (C=O) groups is 2. The van der Waals surface area contributed by atoms with Gasteiger partial charge in [0.05, 0.1) is 0 Å². The second kappa shape index (κ2) is 6.81. The van der Waals surface area contributed by atoms with Gasteiger partial charge in [0, 0.05) is 18.9 Å². The lowest BCUT2D eigenvalue weighted by molar-refractivity contribution is -0.176. The quantitative estimate of drug-likeness (QED) is 0.622. The molecule has 0 aromatic heterocycles. The third kappa shape index (κ3) is 5.50. The van der Waals surface area contributed by atoms with Gasteiger partial charge >= 0.3 is 11.9 Å². The highest BCUT2D eigenvalue weighted by molar-refractivity contribution is 6.30. The molecule has 0 aliphatic carbocycles. The molecule has 0 radical (unpaired) electrons. The molecule has 18 heavy (non-hydrogen) atoms. The first-order valence-electron chi connectivity index (χ1n) is 5.25. The highest BCUT2D eigenvalue weighted by Crippen LogP contribution is 2.11. The number of halogens is 1. The molecule has 0 spiro atoms. The molecule has 0 aliphatic heterocycles. The van der Waals surface area contributed by atoms with Crippen LogP contribution in [0.1, 0.15) is 19.4 Å². The summed E-state index contributed by atoms with van der Waals surface area (Å²) in [6, 6.07) is 7.04. The van der Waals surface area contributed by atoms with Crippen LogP contribution in [0.4, 0.5) is 0 Å². The predicted molar refractivity (Wildman–Crippen MR) is 67.8 cm³/mol. The Labute approximate surface area is 110 Å². The lowest BCUT2D eigenvalue weighted by atomic mass is 10.2. The second-order valence-corrected chi connectivity index (χ2v) is 3.93. The molecule has 0 bridgehead atoms. The molecule has 5 heteroatoms. The number of benzene rings is 1. The summed E-state index contributed by atoms with van der Waals surface area (Å²) >= 11 is 5.75. The summed E-state index contributed by atoms with van der Waals surface area (Å²) in [6.45, 7) is 2.49. The Bertz CT molecular complexity index is 435. The molecule has 4 nitrogen and oxygen atoms in total. The number of carbonyl (C=O) groups excluding carboxylic acids is 2. The molecule has 0 saturated carbocycles. The van der Waals surface area contributed by atoms with E-state index in [0.717, 1.165) is 5.56 Å². The van der Waals surface area contributed by atoms with E-state index in [-0.39, 0.29) is 0 Å². The molecule has 0 saturated heterocycles. The van der Waals surface area contributed by atoms with E-state index in [2.05, 4.69) is 0 Å². The molecule has 0 unspecified atom stereocenters. The second-order valence-electron chi connectivity index (χ2n) is 3.50. The van der Waals surface area contributed by atoms with Crippen molar-refractivity contribution in [2.75, 3.05) is 0 Å². The average Bonchev–Trinajstić information content (AvgIpc) is 2.26. The molecule has 0 atom stereocenters. The van der Waals surface area contributed by atoms with E-state index in [1.54, 1.807) is 30.3 Å². The Hall–Kier alpha value is -1.81. The predicted octanol–water partition coefficient (Wildman–Crippen LogP) is 2.81. The first-order chi connectivity index (χ1) is 8.47. The summed E-state index contributed by atoms with van der Waals surface area (Å²) in [5.74, 6) is -1.05. The van der Waals surface area contributed by atoms with E-state index in [1.807, 2.05) is 0 Å². The lowest BCUT2D eigenvalue weighted by Gasteiger charge is -2.12. The highest BCUT2D eigenvalue weighted by Gasteiger charge is 2.10. The van der Waals surface area contributed by atoms with Crippen LogP contribution >= 0.6 is 11.6 Å². The van der Waals surface area contributed by atoms with Crippen molar-refractivity contribution in [2.45, 2.75) is 20.1 Å². The molecule has 0 fully saturated rings. The zero-order chi connectivity index (χ0) is 13.5. The summed E-state index contributed by atoms with van der Waals surface area (Å²) < 4.78 is 9.62. The zero-order valence-electron chi connectivity index (χ0n) is 10.1. The van der Waals surface area contributed by atoms with Crippen molar-refractivity contribution in [1.29, 1.82) is 0 Å². The molecular formula is C13H13ClO4. The molecule has 1 aromatic rings. The van der Waals surface area contributed by atoms with E-state index in [1.165, 1.54) is 19.9 Å². The highest BCUT2D eigenvalue weighted by atomic mass is 35.5. The Morgan fingerprint density at radius 1 is 1.11 bits per heavy atom. The Morgan fingerprint density at radius 2 is 1.61 bits per heavy atom. The minimum Gasteiger partial charge on any atom is -0.421 e. The minimum absolute atomic E-state index is 0.526. The van der Waals surface area contributed by atoms with Crippen molar-refractivity contribution in [3.8, 4) is 0 Å². The van der Waals surface area contributed by atoms with Gasteiger partial charge in [-0.3, -0.25) is 9.59 Å². The topological polar surface area (TPSA) is 52.6 Å². The Morgan fingerprint density at radius 3 is 2.06 bits per heavy atom. The van der Waals surface area contributed by atoms with Crippen LogP contribution in [0.2, 0.25) is 5.02 Å². The first-order valence-corrected chi connectivity index (χ1v) is 5.63. The van der Waals surface area contributed by atoms with E-state index >= 15 is 0 Å². The van der Waals surface area contributed by atoms with Crippen LogP contribution in [0.15, 0.2) is 30.3 Å². The Kier molecular flexibility index (Phi) is 5.39. The van der Waals surface area contributed by atoms with Gasteiger partial charge < -0.3 is 9.47 Å². The fraction of sp³-hybridized carbons (Fsp3) is 0.231. The van der Waals surface area contributed by atoms with Crippen molar-refractivity contribution in [3.05, 3.63) is 40.9 Å². The SMILES string of the molecule is CC(=O)OC(/C=C/c1ccc(Cl)cc1)OC(C)=O. The number of hydrogen-bond acceptors (Lipinski definition) is 4. The van der Waals surface area contributed by atoms with Gasteiger partial charge in [-0.15, -0.1) is 0 Å². The van der Waals surface area contributed by atoms with Gasteiger partial charge in [-0.1, -0.05) is 29.8 Å². The average molecular weight is 269 g/mol. The standard InChI is InChI=1S/C13H13ClO4/c1-9(15)17-13(18-10(2)16)8-5-11-3-6-12(14)7-4-11/h3-8,13H,1-2H3/b8-5+. The third-order valence-electron chi connectivity index (χ3n) is 1.88. The molecule has 1 aromatic carbocycles. The zero-order valence-corrected chi connectivity index (χ0v) is 10.8. The van der Waals surface area contributed by atoms with Crippen molar-refractivity contribution in [3.63, 3.8) is 0 Å². The van der Waals surface area contributed by atoms with Gasteiger partial charge in [-0.25, -0.2) is 0 Å². The Balaban J connectivity index is 2.72. The van der Waals surface area contributed by atoms with Gasteiger partial charge in [-0.05, 0) is 23.8 Å². The summed E-state index contributed by atoms with van der Waals surface area (Å²) in [5, 5.41) is 0.628. The third-order valence-corrected chi connectivity index (χ3v) is 2.13. The fourth-order valence-electron chi connectivity index (χ4n) is 1.19. The number of rotatable bonds is 4. The van der Waals surface area contributed by atoms with Gasteiger partial charge in [-0.2, -0.15) is 0 Å². The van der Waals surface area contributed by atoms with E-state index in [4.69, 9.17) is 21.1 Å². The van der Waals surface area contributed by atoms with Crippen LogP contribution in [0.5, 0.6) is 0 Å². The number of ether oxygens (including phenoxy) is 2. The monoisotopic (exact) mass is 268 g/mol. The molecule has 0 amide bonds. The van der Waals surface area contributed by atoms with E-state index < -0.39 is 18.2 Å². The van der Waals surface area contributed by atoms with Crippen molar-refractivity contribution >= 4 is 29.6 Å². The molecule has 0 heterocycles. The molecule has 0 aliphatic rings. The van der Waals surface area contributed by atoms with Crippen molar-refractivity contribution in [2.24, 2.45) is 0 Å². The van der Waals surface area contributed by atoms with Crippen LogP contribution in [-0.2, 0) is 19.1 Å². The molecule has 1 rings (SSSR count). The van der Waals surface area contributed by atoms with Crippen molar-refractivity contribution in [1.82, 2.24) is 0 Å². The summed E-state index contributed by atoms with van der Waals surface area (Å²) in [5.41, 5.74) is 0.851. The molecule has 96 valence electrons. The maximum absolute atomic E-state index is 10.8. The van der Waals surface area contributed by atoms with Crippen LogP contribution in [0.3, 0.4) is 0 Å². The first kappa shape index (κ1) is 14.3. The number of esters is 2. The normalized spacial score (nSPS) is 10.7. The smallest absolute Gasteiger partial charge is 0.305 e.